The summed E-state index contributed by atoms with van der Waals surface area (Å²) in [5, 5.41) is 12.7. The highest BCUT2D eigenvalue weighted by atomic mass is 32.2. The molecular weight excluding hydrogens is 488 g/mol. The first-order chi connectivity index (χ1) is 17.1. The largest absolute Gasteiger partial charge is 0.448 e. The number of aryl methyl sites for hydroxylation is 1. The first-order valence-corrected chi connectivity index (χ1v) is 12.9. The molecule has 0 saturated carbocycles. The van der Waals surface area contributed by atoms with Crippen LogP contribution in [0.3, 0.4) is 0 Å². The van der Waals surface area contributed by atoms with Crippen molar-refractivity contribution in [3.8, 4) is 10.4 Å². The van der Waals surface area contributed by atoms with Crippen LogP contribution in [0, 0.1) is 0 Å². The lowest BCUT2D eigenvalue weighted by Gasteiger charge is -2.12. The highest BCUT2D eigenvalue weighted by Gasteiger charge is 2.11. The van der Waals surface area contributed by atoms with E-state index in [0.29, 0.717) is 23.1 Å². The molecular formula is C22H24N8O3S2. The van der Waals surface area contributed by atoms with Gasteiger partial charge in [-0.15, -0.1) is 15.7 Å². The van der Waals surface area contributed by atoms with Crippen molar-refractivity contribution in [1.29, 1.82) is 0 Å². The number of ether oxygens (including phenoxy) is 1. The summed E-state index contributed by atoms with van der Waals surface area (Å²) >= 11 is 1.62. The first-order valence-electron chi connectivity index (χ1n) is 10.8. The van der Waals surface area contributed by atoms with Crippen LogP contribution in [0.25, 0.3) is 10.4 Å². The Hall–Kier alpha value is -3.84. The molecule has 4 rings (SSSR count). The molecule has 11 nitrogen and oxygen atoms in total. The fourth-order valence-electron chi connectivity index (χ4n) is 3.07. The van der Waals surface area contributed by atoms with Crippen LogP contribution in [0.5, 0.6) is 0 Å². The number of nitrogens with zero attached hydrogens (tertiary/aromatic N) is 6. The zero-order valence-corrected chi connectivity index (χ0v) is 20.6. The number of thiophene rings is 1. The van der Waals surface area contributed by atoms with Crippen LogP contribution in [0.4, 0.5) is 22.2 Å². The van der Waals surface area contributed by atoms with Gasteiger partial charge in [0.05, 0.1) is 22.8 Å². The molecule has 0 spiro atoms. The maximum atomic E-state index is 12.2. The molecule has 1 aromatic carbocycles. The number of nitrogens with one attached hydrogen (secondary N) is 2. The van der Waals surface area contributed by atoms with Crippen LogP contribution in [-0.4, -0.2) is 48.2 Å². The number of hydrogen-bond donors (Lipinski definition) is 3. The minimum Gasteiger partial charge on any atom is -0.448 e. The minimum atomic E-state index is -2.23. The Labute approximate surface area is 207 Å². The van der Waals surface area contributed by atoms with E-state index in [-0.39, 0.29) is 6.61 Å². The molecule has 3 heterocycles. The quantitative estimate of drug-likeness (QED) is 0.211. The van der Waals surface area contributed by atoms with Gasteiger partial charge in [-0.1, -0.05) is 6.07 Å². The second-order valence-corrected chi connectivity index (χ2v) is 9.33. The molecule has 35 heavy (non-hydrogen) atoms. The number of carbonyl (C=O) groups is 1. The van der Waals surface area contributed by atoms with Crippen molar-refractivity contribution in [1.82, 2.24) is 24.7 Å². The Morgan fingerprint density at radius 1 is 1.26 bits per heavy atom. The zero-order valence-electron chi connectivity index (χ0n) is 18.9. The van der Waals surface area contributed by atoms with E-state index in [9.17, 15) is 9.00 Å². The van der Waals surface area contributed by atoms with Crippen LogP contribution >= 0.6 is 11.3 Å². The van der Waals surface area contributed by atoms with Crippen LogP contribution in [0.15, 0.2) is 69.9 Å². The van der Waals surface area contributed by atoms with Crippen molar-refractivity contribution in [3.05, 3.63) is 60.6 Å². The van der Waals surface area contributed by atoms with Crippen molar-refractivity contribution in [2.24, 2.45) is 4.36 Å². The molecule has 0 bridgehead atoms. The van der Waals surface area contributed by atoms with Gasteiger partial charge in [-0.3, -0.25) is 4.68 Å². The van der Waals surface area contributed by atoms with E-state index in [2.05, 4.69) is 35.0 Å². The van der Waals surface area contributed by atoms with Crippen molar-refractivity contribution in [3.63, 3.8) is 0 Å². The van der Waals surface area contributed by atoms with Crippen molar-refractivity contribution >= 4 is 45.5 Å². The SMILES string of the molecule is CCOC(=O)N=[SH](=O)c1ccc(Nc2ncc(-c3cccs3)c(NCCCn3cncn3)n2)cc1. The molecule has 0 fully saturated rings. The fraction of sp³-hybridized carbons (Fsp3) is 0.227. The molecule has 13 heteroatoms. The Morgan fingerprint density at radius 3 is 2.83 bits per heavy atom. The summed E-state index contributed by atoms with van der Waals surface area (Å²) in [7, 11) is -2.23. The summed E-state index contributed by atoms with van der Waals surface area (Å²) in [5.41, 5.74) is 1.62. The van der Waals surface area contributed by atoms with Crippen molar-refractivity contribution < 1.29 is 13.7 Å². The maximum Gasteiger partial charge on any atom is 0.441 e. The molecule has 182 valence electrons. The molecule has 4 aromatic rings. The summed E-state index contributed by atoms with van der Waals surface area (Å²) in [4.78, 5) is 26.0. The van der Waals surface area contributed by atoms with Crippen LogP contribution < -0.4 is 10.6 Å². The summed E-state index contributed by atoms with van der Waals surface area (Å²) < 4.78 is 22.2. The predicted molar refractivity (Wildman–Crippen MR) is 135 cm³/mol. The van der Waals surface area contributed by atoms with Crippen molar-refractivity contribution in [2.75, 3.05) is 23.8 Å². The van der Waals surface area contributed by atoms with Gasteiger partial charge in [-0.25, -0.2) is 19.0 Å². The Kier molecular flexibility index (Phi) is 8.35. The van der Waals surface area contributed by atoms with E-state index in [1.54, 1.807) is 59.7 Å². The van der Waals surface area contributed by atoms with Crippen LogP contribution in [-0.2, 0) is 21.9 Å². The zero-order chi connectivity index (χ0) is 24.5. The second-order valence-electron chi connectivity index (χ2n) is 7.12. The lowest BCUT2D eigenvalue weighted by atomic mass is 10.2. The standard InChI is InChI=1S/C22H24N8O3S2/c1-2-33-22(31)29-35(32)17-8-6-16(7-9-17)27-21-25-13-18(19-5-3-12-34-19)20(28-21)24-10-4-11-30-15-23-14-26-30/h3,5-9,12-15,35H,2,4,10-11H2,1H3,(H2,24,25,27,28). The smallest absolute Gasteiger partial charge is 0.441 e. The number of carbonyl (C=O) groups excluding carboxylic acids is 1. The number of hydrogen-bond acceptors (Lipinski definition) is 10. The second kappa shape index (κ2) is 12.0. The molecule has 0 aliphatic rings. The van der Waals surface area contributed by atoms with E-state index in [1.165, 1.54) is 6.33 Å². The Balaban J connectivity index is 1.46. The molecule has 0 saturated heterocycles. The third-order valence-corrected chi connectivity index (χ3v) is 6.67. The Morgan fingerprint density at radius 2 is 2.11 bits per heavy atom. The third kappa shape index (κ3) is 6.83. The lowest BCUT2D eigenvalue weighted by molar-refractivity contribution is 0.164. The lowest BCUT2D eigenvalue weighted by Crippen LogP contribution is -2.10. The summed E-state index contributed by atoms with van der Waals surface area (Å²) in [5.74, 6) is 1.13. The van der Waals surface area contributed by atoms with Gasteiger partial charge in [0.25, 0.3) is 0 Å². The van der Waals surface area contributed by atoms with Gasteiger partial charge in [-0.2, -0.15) is 10.1 Å². The number of thiol groups is 1. The Bertz CT molecular complexity index is 1320. The first kappa shape index (κ1) is 24.3. The van der Waals surface area contributed by atoms with Gasteiger partial charge in [0, 0.05) is 34.7 Å². The van der Waals surface area contributed by atoms with E-state index in [0.717, 1.165) is 29.2 Å². The maximum absolute atomic E-state index is 12.2. The normalized spacial score (nSPS) is 11.8. The van der Waals surface area contributed by atoms with Crippen molar-refractivity contribution in [2.45, 2.75) is 24.8 Å². The van der Waals surface area contributed by atoms with Crippen LogP contribution in [0.2, 0.25) is 0 Å². The van der Waals surface area contributed by atoms with Gasteiger partial charge in [0.1, 0.15) is 18.5 Å². The number of amides is 1. The van der Waals surface area contributed by atoms with E-state index >= 15 is 0 Å². The average Bonchev–Trinajstić information content (AvgIpc) is 3.57. The number of rotatable bonds is 10. The van der Waals surface area contributed by atoms with E-state index in [4.69, 9.17) is 4.74 Å². The number of aromatic nitrogens is 5. The molecule has 1 atom stereocenters. The molecule has 3 aromatic heterocycles. The van der Waals surface area contributed by atoms with Gasteiger partial charge in [-0.05, 0) is 49.1 Å². The molecule has 0 aliphatic heterocycles. The van der Waals surface area contributed by atoms with E-state index < -0.39 is 16.7 Å². The monoisotopic (exact) mass is 512 g/mol. The minimum absolute atomic E-state index is 0.179. The van der Waals surface area contributed by atoms with Gasteiger partial charge < -0.3 is 15.4 Å². The number of anilines is 3. The number of benzene rings is 1. The third-order valence-electron chi connectivity index (χ3n) is 4.68. The van der Waals surface area contributed by atoms with Gasteiger partial charge >= 0.3 is 6.09 Å². The topological polar surface area (TPSA) is 136 Å². The summed E-state index contributed by atoms with van der Waals surface area (Å²) in [6.07, 6.45) is 5.00. The van der Waals surface area contributed by atoms with Gasteiger partial charge in [0.15, 0.2) is 0 Å². The highest BCUT2D eigenvalue weighted by Crippen LogP contribution is 2.31. The summed E-state index contributed by atoms with van der Waals surface area (Å²) in [6.45, 7) is 3.28. The van der Waals surface area contributed by atoms with Crippen LogP contribution in [0.1, 0.15) is 13.3 Å². The van der Waals surface area contributed by atoms with Gasteiger partial charge in [0.2, 0.25) is 5.95 Å². The fourth-order valence-corrected chi connectivity index (χ4v) is 4.53. The molecule has 2 N–H and O–H groups in total. The molecule has 0 radical (unpaired) electrons. The highest BCUT2D eigenvalue weighted by molar-refractivity contribution is 7.75. The average molecular weight is 513 g/mol. The summed E-state index contributed by atoms with van der Waals surface area (Å²) in [6, 6.07) is 10.7. The predicted octanol–water partition coefficient (Wildman–Crippen LogP) is 4.22. The molecule has 1 amide bonds. The molecule has 1 unspecified atom stereocenters. The van der Waals surface area contributed by atoms with E-state index in [1.807, 2.05) is 17.5 Å². The molecule has 0 aliphatic carbocycles.